The molecule has 0 saturated carbocycles. The number of hydrogen-bond acceptors (Lipinski definition) is 3. The molecule has 3 N–H and O–H groups in total. The molecule has 0 fully saturated rings. The van der Waals surface area contributed by atoms with Gasteiger partial charge in [0.15, 0.2) is 0 Å². The van der Waals surface area contributed by atoms with Crippen molar-refractivity contribution >= 4 is 23.4 Å². The summed E-state index contributed by atoms with van der Waals surface area (Å²) in [5.74, 6) is 6.10. The lowest BCUT2D eigenvalue weighted by molar-refractivity contribution is 0.574. The third-order valence-corrected chi connectivity index (χ3v) is 4.72. The second kappa shape index (κ2) is 7.80. The van der Waals surface area contributed by atoms with Crippen LogP contribution in [0.15, 0.2) is 47.4 Å². The molecule has 0 spiro atoms. The molecule has 0 aliphatic carbocycles. The van der Waals surface area contributed by atoms with Gasteiger partial charge >= 0.3 is 0 Å². The number of rotatable bonds is 6. The molecular weight excluding hydrogens is 307 g/mol. The first-order chi connectivity index (χ1) is 10.1. The van der Waals surface area contributed by atoms with Crippen molar-refractivity contribution in [1.29, 1.82) is 0 Å². The zero-order valence-corrected chi connectivity index (χ0v) is 13.3. The van der Waals surface area contributed by atoms with E-state index in [9.17, 15) is 4.39 Å². The standard InChI is InChI=1S/C16H18ClFN2S/c1-11-2-6-15(7-3-11)21-10-14(20-19)8-12-4-5-13(18)9-16(12)17/h2-7,9,14,20H,8,10,19H2,1H3. The summed E-state index contributed by atoms with van der Waals surface area (Å²) in [5, 5.41) is 0.440. The van der Waals surface area contributed by atoms with E-state index in [0.717, 1.165) is 11.3 Å². The average molecular weight is 325 g/mol. The van der Waals surface area contributed by atoms with E-state index in [1.54, 1.807) is 17.8 Å². The molecule has 0 radical (unpaired) electrons. The number of thioether (sulfide) groups is 1. The monoisotopic (exact) mass is 324 g/mol. The topological polar surface area (TPSA) is 38.0 Å². The maximum Gasteiger partial charge on any atom is 0.124 e. The molecule has 2 aromatic carbocycles. The van der Waals surface area contributed by atoms with Gasteiger partial charge in [-0.1, -0.05) is 35.4 Å². The Morgan fingerprint density at radius 3 is 2.57 bits per heavy atom. The Kier molecular flexibility index (Phi) is 6.06. The van der Waals surface area contributed by atoms with Gasteiger partial charge in [-0.05, 0) is 43.2 Å². The third kappa shape index (κ3) is 5.00. The number of halogens is 2. The van der Waals surface area contributed by atoms with Gasteiger partial charge in [0.1, 0.15) is 5.82 Å². The molecule has 0 amide bonds. The molecule has 1 atom stereocenters. The molecule has 112 valence electrons. The van der Waals surface area contributed by atoms with E-state index in [2.05, 4.69) is 36.6 Å². The van der Waals surface area contributed by atoms with Crippen LogP contribution in [0.25, 0.3) is 0 Å². The minimum absolute atomic E-state index is 0.0688. The van der Waals surface area contributed by atoms with Gasteiger partial charge in [0.2, 0.25) is 0 Å². The summed E-state index contributed by atoms with van der Waals surface area (Å²) in [6.45, 7) is 2.06. The molecule has 1 unspecified atom stereocenters. The fourth-order valence-corrected chi connectivity index (χ4v) is 3.13. The predicted molar refractivity (Wildman–Crippen MR) is 88.1 cm³/mol. The maximum absolute atomic E-state index is 13.0. The van der Waals surface area contributed by atoms with Crippen molar-refractivity contribution in [2.45, 2.75) is 24.3 Å². The highest BCUT2D eigenvalue weighted by Crippen LogP contribution is 2.23. The summed E-state index contributed by atoms with van der Waals surface area (Å²) < 4.78 is 13.0. The lowest BCUT2D eigenvalue weighted by atomic mass is 10.1. The second-order valence-electron chi connectivity index (χ2n) is 4.93. The summed E-state index contributed by atoms with van der Waals surface area (Å²) >= 11 is 7.78. The number of hydrazine groups is 1. The SMILES string of the molecule is Cc1ccc(SCC(Cc2ccc(F)cc2Cl)NN)cc1. The Labute approximate surface area is 133 Å². The fraction of sp³-hybridized carbons (Fsp3) is 0.250. The summed E-state index contributed by atoms with van der Waals surface area (Å²) in [4.78, 5) is 1.20. The van der Waals surface area contributed by atoms with E-state index in [1.807, 2.05) is 0 Å². The molecule has 21 heavy (non-hydrogen) atoms. The van der Waals surface area contributed by atoms with E-state index in [1.165, 1.54) is 22.6 Å². The van der Waals surface area contributed by atoms with Gasteiger partial charge in [0.05, 0.1) is 0 Å². The third-order valence-electron chi connectivity index (χ3n) is 3.19. The first kappa shape index (κ1) is 16.3. The molecule has 2 nitrogen and oxygen atoms in total. The van der Waals surface area contributed by atoms with Gasteiger partial charge in [0, 0.05) is 21.7 Å². The highest BCUT2D eigenvalue weighted by atomic mass is 35.5. The molecule has 0 saturated heterocycles. The molecule has 2 rings (SSSR count). The molecule has 5 heteroatoms. The van der Waals surface area contributed by atoms with Gasteiger partial charge in [-0.2, -0.15) is 0 Å². The maximum atomic E-state index is 13.0. The van der Waals surface area contributed by atoms with Crippen molar-refractivity contribution < 1.29 is 4.39 Å². The highest BCUT2D eigenvalue weighted by Gasteiger charge is 2.11. The van der Waals surface area contributed by atoms with E-state index in [4.69, 9.17) is 17.4 Å². The normalized spacial score (nSPS) is 12.4. The Morgan fingerprint density at radius 2 is 1.95 bits per heavy atom. The van der Waals surface area contributed by atoms with Crippen LogP contribution in [0.3, 0.4) is 0 Å². The molecule has 0 heterocycles. The molecule has 2 aromatic rings. The van der Waals surface area contributed by atoms with Crippen molar-refractivity contribution in [1.82, 2.24) is 5.43 Å². The largest absolute Gasteiger partial charge is 0.271 e. The minimum Gasteiger partial charge on any atom is -0.271 e. The van der Waals surface area contributed by atoms with Gasteiger partial charge in [0.25, 0.3) is 0 Å². The summed E-state index contributed by atoms with van der Waals surface area (Å²) in [5.41, 5.74) is 4.94. The molecule has 0 aliphatic rings. The van der Waals surface area contributed by atoms with Gasteiger partial charge in [-0.25, -0.2) is 4.39 Å². The van der Waals surface area contributed by atoms with Crippen LogP contribution in [0, 0.1) is 12.7 Å². The van der Waals surface area contributed by atoms with E-state index >= 15 is 0 Å². The van der Waals surface area contributed by atoms with E-state index < -0.39 is 0 Å². The van der Waals surface area contributed by atoms with Crippen LogP contribution in [0.2, 0.25) is 5.02 Å². The molecule has 0 bridgehead atoms. The first-order valence-electron chi connectivity index (χ1n) is 6.68. The van der Waals surface area contributed by atoms with Crippen LogP contribution in [0.1, 0.15) is 11.1 Å². The highest BCUT2D eigenvalue weighted by molar-refractivity contribution is 7.99. The van der Waals surface area contributed by atoms with Crippen molar-refractivity contribution in [2.24, 2.45) is 5.84 Å². The van der Waals surface area contributed by atoms with Crippen LogP contribution in [-0.2, 0) is 6.42 Å². The Morgan fingerprint density at radius 1 is 1.24 bits per heavy atom. The number of aryl methyl sites for hydroxylation is 1. The molecule has 0 aliphatic heterocycles. The molecule has 0 aromatic heterocycles. The summed E-state index contributed by atoms with van der Waals surface area (Å²) in [6, 6.07) is 12.9. The van der Waals surface area contributed by atoms with Gasteiger partial charge in [-0.3, -0.25) is 11.3 Å². The fourth-order valence-electron chi connectivity index (χ4n) is 1.95. The lowest BCUT2D eigenvalue weighted by Crippen LogP contribution is -2.38. The predicted octanol–water partition coefficient (Wildman–Crippen LogP) is 3.95. The van der Waals surface area contributed by atoms with E-state index in [0.29, 0.717) is 11.4 Å². The summed E-state index contributed by atoms with van der Waals surface area (Å²) in [6.07, 6.45) is 0.661. The first-order valence-corrected chi connectivity index (χ1v) is 8.04. The number of nitrogens with one attached hydrogen (secondary N) is 1. The van der Waals surface area contributed by atoms with Crippen molar-refractivity contribution in [3.05, 3.63) is 64.4 Å². The Bertz CT molecular complexity index is 589. The van der Waals surface area contributed by atoms with Gasteiger partial charge < -0.3 is 0 Å². The average Bonchev–Trinajstić information content (AvgIpc) is 2.47. The van der Waals surface area contributed by atoms with E-state index in [-0.39, 0.29) is 11.9 Å². The van der Waals surface area contributed by atoms with Crippen LogP contribution < -0.4 is 11.3 Å². The summed E-state index contributed by atoms with van der Waals surface area (Å²) in [7, 11) is 0. The lowest BCUT2D eigenvalue weighted by Gasteiger charge is -2.16. The van der Waals surface area contributed by atoms with Crippen molar-refractivity contribution in [3.8, 4) is 0 Å². The minimum atomic E-state index is -0.324. The van der Waals surface area contributed by atoms with Gasteiger partial charge in [-0.15, -0.1) is 11.8 Å². The van der Waals surface area contributed by atoms with Crippen LogP contribution >= 0.6 is 23.4 Å². The van der Waals surface area contributed by atoms with Crippen LogP contribution in [0.4, 0.5) is 4.39 Å². The van der Waals surface area contributed by atoms with Crippen molar-refractivity contribution in [2.75, 3.05) is 5.75 Å². The Balaban J connectivity index is 1.95. The van der Waals surface area contributed by atoms with Crippen molar-refractivity contribution in [3.63, 3.8) is 0 Å². The Hall–Kier alpha value is -1.07. The zero-order valence-electron chi connectivity index (χ0n) is 11.8. The van der Waals surface area contributed by atoms with Crippen LogP contribution in [0.5, 0.6) is 0 Å². The molecular formula is C16H18ClFN2S. The number of hydrogen-bond donors (Lipinski definition) is 2. The number of nitrogens with two attached hydrogens (primary N) is 1. The number of benzene rings is 2. The second-order valence-corrected chi connectivity index (χ2v) is 6.43. The quantitative estimate of drug-likeness (QED) is 0.480. The van der Waals surface area contributed by atoms with Crippen LogP contribution in [-0.4, -0.2) is 11.8 Å². The zero-order chi connectivity index (χ0) is 15.2. The smallest absolute Gasteiger partial charge is 0.124 e.